The van der Waals surface area contributed by atoms with Crippen LogP contribution < -0.4 is 20.1 Å². The van der Waals surface area contributed by atoms with Crippen LogP contribution in [0.15, 0.2) is 77.7 Å². The van der Waals surface area contributed by atoms with Crippen LogP contribution in [0.1, 0.15) is 15.9 Å². The van der Waals surface area contributed by atoms with Gasteiger partial charge >= 0.3 is 0 Å². The van der Waals surface area contributed by atoms with Crippen LogP contribution in [0.5, 0.6) is 5.75 Å². The SMILES string of the molecule is COc1cc(NC(=O)[C@H](Cc2ccccc2)NC(=O)c2ccc(F)cc2)ccc1S(=O)(=O)NC1COC1. The van der Waals surface area contributed by atoms with E-state index >= 15 is 0 Å². The number of methoxy groups -OCH3 is 1. The summed E-state index contributed by atoms with van der Waals surface area (Å²) in [6.45, 7) is 0.588. The molecule has 2 amide bonds. The van der Waals surface area contributed by atoms with Gasteiger partial charge in [0.2, 0.25) is 15.9 Å². The van der Waals surface area contributed by atoms with Crippen molar-refractivity contribution in [2.75, 3.05) is 25.6 Å². The average molecular weight is 528 g/mol. The van der Waals surface area contributed by atoms with Crippen molar-refractivity contribution >= 4 is 27.5 Å². The van der Waals surface area contributed by atoms with Crippen molar-refractivity contribution in [2.24, 2.45) is 0 Å². The fourth-order valence-corrected chi connectivity index (χ4v) is 5.04. The minimum atomic E-state index is -3.87. The predicted molar refractivity (Wildman–Crippen MR) is 134 cm³/mol. The van der Waals surface area contributed by atoms with Crippen molar-refractivity contribution in [1.82, 2.24) is 10.0 Å². The molecule has 1 atom stereocenters. The van der Waals surface area contributed by atoms with Crippen LogP contribution in [0.4, 0.5) is 10.1 Å². The monoisotopic (exact) mass is 527 g/mol. The van der Waals surface area contributed by atoms with Gasteiger partial charge in [0.1, 0.15) is 22.5 Å². The maximum absolute atomic E-state index is 13.3. The highest BCUT2D eigenvalue weighted by molar-refractivity contribution is 7.89. The summed E-state index contributed by atoms with van der Waals surface area (Å²) in [6, 6.07) is 17.0. The summed E-state index contributed by atoms with van der Waals surface area (Å²) in [5.74, 6) is -1.51. The van der Waals surface area contributed by atoms with Crippen molar-refractivity contribution in [3.63, 3.8) is 0 Å². The van der Waals surface area contributed by atoms with Gasteiger partial charge in [0.05, 0.1) is 26.4 Å². The number of ether oxygens (including phenoxy) is 2. The lowest BCUT2D eigenvalue weighted by atomic mass is 10.0. The number of carbonyl (C=O) groups excluding carboxylic acids is 2. The topological polar surface area (TPSA) is 123 Å². The van der Waals surface area contributed by atoms with E-state index in [2.05, 4.69) is 15.4 Å². The van der Waals surface area contributed by atoms with E-state index in [-0.39, 0.29) is 34.4 Å². The fourth-order valence-electron chi connectivity index (χ4n) is 3.69. The van der Waals surface area contributed by atoms with E-state index in [1.165, 1.54) is 37.4 Å². The molecule has 0 radical (unpaired) electrons. The van der Waals surface area contributed by atoms with Gasteiger partial charge in [-0.2, -0.15) is 0 Å². The fraction of sp³-hybridized carbons (Fsp3) is 0.231. The number of amides is 2. The summed E-state index contributed by atoms with van der Waals surface area (Å²) in [5.41, 5.74) is 1.29. The molecule has 3 aromatic carbocycles. The summed E-state index contributed by atoms with van der Waals surface area (Å²) in [5, 5.41) is 5.41. The number of nitrogens with one attached hydrogen (secondary N) is 3. The van der Waals surface area contributed by atoms with E-state index in [1.807, 2.05) is 30.3 Å². The molecule has 1 aliphatic rings. The molecule has 0 aliphatic carbocycles. The largest absolute Gasteiger partial charge is 0.495 e. The Kier molecular flexibility index (Phi) is 8.17. The van der Waals surface area contributed by atoms with Crippen LogP contribution in [0.3, 0.4) is 0 Å². The van der Waals surface area contributed by atoms with Gasteiger partial charge in [-0.25, -0.2) is 17.5 Å². The summed E-state index contributed by atoms with van der Waals surface area (Å²) >= 11 is 0. The number of anilines is 1. The normalized spacial score (nSPS) is 14.3. The van der Waals surface area contributed by atoms with Crippen LogP contribution in [-0.4, -0.2) is 52.6 Å². The summed E-state index contributed by atoms with van der Waals surface area (Å²) in [4.78, 5) is 25.9. The minimum Gasteiger partial charge on any atom is -0.495 e. The second kappa shape index (κ2) is 11.5. The van der Waals surface area contributed by atoms with Gasteiger partial charge < -0.3 is 20.1 Å². The Morgan fingerprint density at radius 3 is 2.38 bits per heavy atom. The molecular formula is C26H26FN3O6S. The molecule has 0 aromatic heterocycles. The highest BCUT2D eigenvalue weighted by atomic mass is 32.2. The molecule has 37 heavy (non-hydrogen) atoms. The maximum Gasteiger partial charge on any atom is 0.251 e. The number of benzene rings is 3. The molecule has 3 N–H and O–H groups in total. The zero-order chi connectivity index (χ0) is 26.4. The van der Waals surface area contributed by atoms with Gasteiger partial charge in [-0.15, -0.1) is 0 Å². The van der Waals surface area contributed by atoms with Gasteiger partial charge in [0, 0.05) is 23.7 Å². The zero-order valence-corrected chi connectivity index (χ0v) is 20.8. The molecule has 194 valence electrons. The molecule has 1 heterocycles. The third kappa shape index (κ3) is 6.70. The Hall–Kier alpha value is -3.80. The Morgan fingerprint density at radius 2 is 1.76 bits per heavy atom. The van der Waals surface area contributed by atoms with E-state index in [4.69, 9.17) is 9.47 Å². The molecule has 0 spiro atoms. The highest BCUT2D eigenvalue weighted by Crippen LogP contribution is 2.28. The van der Waals surface area contributed by atoms with Gasteiger partial charge in [-0.3, -0.25) is 9.59 Å². The predicted octanol–water partition coefficient (Wildman–Crippen LogP) is 2.49. The zero-order valence-electron chi connectivity index (χ0n) is 19.9. The Bertz CT molecular complexity index is 1360. The number of sulfonamides is 1. The second-order valence-electron chi connectivity index (χ2n) is 8.43. The van der Waals surface area contributed by atoms with E-state index in [1.54, 1.807) is 0 Å². The standard InChI is InChI=1S/C26H26FN3O6S/c1-35-23-14-20(11-12-24(23)37(33,34)30-21-15-36-16-21)28-26(32)22(13-17-5-3-2-4-6-17)29-25(31)18-7-9-19(27)10-8-18/h2-12,14,21-22,30H,13,15-16H2,1H3,(H,28,32)(H,29,31)/t22-/m0/s1. The summed E-state index contributed by atoms with van der Waals surface area (Å²) in [7, 11) is -2.54. The van der Waals surface area contributed by atoms with Crippen LogP contribution in [0.25, 0.3) is 0 Å². The second-order valence-corrected chi connectivity index (χ2v) is 10.1. The highest BCUT2D eigenvalue weighted by Gasteiger charge is 2.28. The third-order valence-corrected chi connectivity index (χ3v) is 7.25. The van der Waals surface area contributed by atoms with Crippen LogP contribution in [-0.2, 0) is 26.0 Å². The molecule has 3 aromatic rings. The first kappa shape index (κ1) is 26.3. The molecule has 4 rings (SSSR count). The van der Waals surface area contributed by atoms with E-state index in [0.29, 0.717) is 13.2 Å². The number of carbonyl (C=O) groups is 2. The number of hydrogen-bond donors (Lipinski definition) is 3. The smallest absolute Gasteiger partial charge is 0.251 e. The van der Waals surface area contributed by atoms with Crippen molar-refractivity contribution in [1.29, 1.82) is 0 Å². The maximum atomic E-state index is 13.3. The van der Waals surface area contributed by atoms with Crippen molar-refractivity contribution in [2.45, 2.75) is 23.4 Å². The lowest BCUT2D eigenvalue weighted by Gasteiger charge is -2.26. The molecule has 0 bridgehead atoms. The van der Waals surface area contributed by atoms with Crippen molar-refractivity contribution in [3.8, 4) is 5.75 Å². The van der Waals surface area contributed by atoms with Gasteiger partial charge in [-0.05, 0) is 42.0 Å². The Labute approximate surface area is 214 Å². The lowest BCUT2D eigenvalue weighted by molar-refractivity contribution is -0.118. The van der Waals surface area contributed by atoms with Crippen molar-refractivity contribution < 1.29 is 31.9 Å². The first-order chi connectivity index (χ1) is 17.7. The molecule has 1 fully saturated rings. The lowest BCUT2D eigenvalue weighted by Crippen LogP contribution is -2.48. The number of rotatable bonds is 10. The molecule has 1 aliphatic heterocycles. The van der Waals surface area contributed by atoms with Gasteiger partial charge in [0.25, 0.3) is 5.91 Å². The molecule has 0 saturated carbocycles. The van der Waals surface area contributed by atoms with E-state index in [0.717, 1.165) is 17.7 Å². The van der Waals surface area contributed by atoms with Crippen LogP contribution in [0, 0.1) is 5.82 Å². The molecular weight excluding hydrogens is 501 g/mol. The first-order valence-electron chi connectivity index (χ1n) is 11.4. The van der Waals surface area contributed by atoms with E-state index in [9.17, 15) is 22.4 Å². The Balaban J connectivity index is 1.53. The van der Waals surface area contributed by atoms with Crippen LogP contribution >= 0.6 is 0 Å². The van der Waals surface area contributed by atoms with E-state index < -0.39 is 33.7 Å². The number of hydrogen-bond acceptors (Lipinski definition) is 6. The molecule has 0 unspecified atom stereocenters. The molecule has 9 nitrogen and oxygen atoms in total. The Morgan fingerprint density at radius 1 is 1.05 bits per heavy atom. The number of halogens is 1. The average Bonchev–Trinajstić information content (AvgIpc) is 2.86. The van der Waals surface area contributed by atoms with Gasteiger partial charge in [0.15, 0.2) is 0 Å². The van der Waals surface area contributed by atoms with Crippen LogP contribution in [0.2, 0.25) is 0 Å². The summed E-state index contributed by atoms with van der Waals surface area (Å²) < 4.78 is 51.6. The minimum absolute atomic E-state index is 0.0421. The third-order valence-electron chi connectivity index (χ3n) is 5.69. The summed E-state index contributed by atoms with van der Waals surface area (Å²) in [6.07, 6.45) is 0.191. The molecule has 11 heteroatoms. The molecule has 1 saturated heterocycles. The first-order valence-corrected chi connectivity index (χ1v) is 12.9. The quantitative estimate of drug-likeness (QED) is 0.372. The van der Waals surface area contributed by atoms with Crippen molar-refractivity contribution in [3.05, 3.63) is 89.7 Å². The van der Waals surface area contributed by atoms with Gasteiger partial charge in [-0.1, -0.05) is 30.3 Å².